The molecule has 0 aliphatic rings. The zero-order valence-electron chi connectivity index (χ0n) is 20.3. The second-order valence-electron chi connectivity index (χ2n) is 8.81. The van der Waals surface area contributed by atoms with E-state index in [2.05, 4.69) is 20.8 Å². The topological polar surface area (TPSA) is 78.9 Å². The molecule has 0 N–H and O–H groups in total. The number of hydrogen-bond donors (Lipinski definition) is 0. The monoisotopic (exact) mass is 459 g/mol. The number of aryl methyl sites for hydroxylation is 2. The van der Waals surface area contributed by atoms with Crippen LogP contribution in [0.1, 0.15) is 65.1 Å². The predicted octanol–water partition coefficient (Wildman–Crippen LogP) is 5.87. The van der Waals surface area contributed by atoms with Gasteiger partial charge in [-0.1, -0.05) is 32.9 Å². The van der Waals surface area contributed by atoms with Gasteiger partial charge in [-0.05, 0) is 42.9 Å². The van der Waals surface area contributed by atoms with Crippen LogP contribution in [0.5, 0.6) is 17.2 Å². The average Bonchev–Trinajstić information content (AvgIpc) is 2.75. The van der Waals surface area contributed by atoms with E-state index in [1.165, 1.54) is 28.3 Å². The van der Waals surface area contributed by atoms with Gasteiger partial charge in [-0.2, -0.15) is 0 Å². The number of ketones is 1. The van der Waals surface area contributed by atoms with Gasteiger partial charge in [0.25, 0.3) is 0 Å². The maximum absolute atomic E-state index is 13.3. The van der Waals surface area contributed by atoms with E-state index in [0.717, 1.165) is 16.7 Å². The van der Waals surface area contributed by atoms with E-state index < -0.39 is 24.8 Å². The summed E-state index contributed by atoms with van der Waals surface area (Å²) in [4.78, 5) is 26.5. The minimum Gasteiger partial charge on any atom is -0.496 e. The maximum Gasteiger partial charge on any atom is 0.243 e. The summed E-state index contributed by atoms with van der Waals surface area (Å²) in [5, 5.41) is 0. The Hall–Kier alpha value is -2.72. The number of ether oxygens (including phenoxy) is 3. The van der Waals surface area contributed by atoms with Gasteiger partial charge < -0.3 is 14.2 Å². The smallest absolute Gasteiger partial charge is 0.243 e. The molecular formula is C25H32O6P. The quantitative estimate of drug-likeness (QED) is 0.363. The summed E-state index contributed by atoms with van der Waals surface area (Å²) in [6.07, 6.45) is 0. The molecule has 0 amide bonds. The first-order chi connectivity index (χ1) is 14.9. The molecule has 0 bridgehead atoms. The Morgan fingerprint density at radius 1 is 0.844 bits per heavy atom. The van der Waals surface area contributed by atoms with Crippen molar-refractivity contribution in [2.24, 2.45) is 0 Å². The molecule has 6 nitrogen and oxygen atoms in total. The van der Waals surface area contributed by atoms with Crippen LogP contribution in [0.25, 0.3) is 0 Å². The third-order valence-corrected chi connectivity index (χ3v) is 7.07. The number of Topliss-reactive ketones (excluding diaryl/α,β-unsaturated/α-hetero) is 1. The van der Waals surface area contributed by atoms with Crippen LogP contribution in [0.4, 0.5) is 0 Å². The lowest BCUT2D eigenvalue weighted by Crippen LogP contribution is -2.19. The number of carbonyl (C=O) groups is 2. The van der Waals surface area contributed by atoms with Gasteiger partial charge in [0.1, 0.15) is 22.8 Å². The highest BCUT2D eigenvalue weighted by Gasteiger charge is 2.33. The molecule has 2 aromatic rings. The molecule has 2 atom stereocenters. The first kappa shape index (κ1) is 25.5. The third-order valence-electron chi connectivity index (χ3n) is 5.51. The fourth-order valence-electron chi connectivity index (χ4n) is 3.58. The van der Waals surface area contributed by atoms with Crippen molar-refractivity contribution in [2.75, 3.05) is 21.3 Å². The molecule has 0 aliphatic heterocycles. The Balaban J connectivity index is 2.46. The molecule has 7 heteroatoms. The fourth-order valence-corrected chi connectivity index (χ4v) is 4.85. The minimum absolute atomic E-state index is 0.0793. The Bertz CT molecular complexity index is 1020. The Kier molecular flexibility index (Phi) is 7.84. The van der Waals surface area contributed by atoms with Gasteiger partial charge in [0.05, 0.1) is 27.0 Å². The molecule has 32 heavy (non-hydrogen) atoms. The molecular weight excluding hydrogens is 427 g/mol. The van der Waals surface area contributed by atoms with Crippen molar-refractivity contribution in [2.45, 2.75) is 52.6 Å². The van der Waals surface area contributed by atoms with Crippen molar-refractivity contribution in [3.8, 4) is 17.2 Å². The molecule has 0 fully saturated rings. The second-order valence-corrected chi connectivity index (χ2v) is 10.6. The largest absolute Gasteiger partial charge is 0.496 e. The molecule has 0 aromatic heterocycles. The number of carbonyl (C=O) groups excluding carboxylic acids is 2. The fraction of sp³-hybridized carbons (Fsp3) is 0.440. The van der Waals surface area contributed by atoms with E-state index in [-0.39, 0.29) is 22.5 Å². The van der Waals surface area contributed by atoms with Crippen LogP contribution in [0.2, 0.25) is 0 Å². The average molecular weight is 459 g/mol. The van der Waals surface area contributed by atoms with Gasteiger partial charge in [-0.15, -0.1) is 0 Å². The SMILES string of the molecule is COc1cc(OC)c(C(=O)C(C)[P](=O)C(=O)c2c(C)cc(C(C)(C)C)cc2C)c(OC)c1. The standard InChI is InChI=1S/C25H32O6P/c1-14-10-17(25(4,5)6)11-15(2)21(14)24(27)32(28)16(3)23(26)22-19(30-8)12-18(29-7)13-20(22)31-9/h10-13,16H,1-9H3. The van der Waals surface area contributed by atoms with Gasteiger partial charge >= 0.3 is 0 Å². The Labute approximate surface area is 191 Å². The summed E-state index contributed by atoms with van der Waals surface area (Å²) in [5.74, 6) is 0.428. The molecule has 0 spiro atoms. The van der Waals surface area contributed by atoms with Gasteiger partial charge in [-0.25, -0.2) is 0 Å². The molecule has 0 saturated heterocycles. The number of benzene rings is 2. The van der Waals surface area contributed by atoms with E-state index in [1.807, 2.05) is 26.0 Å². The third kappa shape index (κ3) is 5.02. The molecule has 2 rings (SSSR count). The van der Waals surface area contributed by atoms with Crippen molar-refractivity contribution >= 4 is 19.1 Å². The Morgan fingerprint density at radius 3 is 1.69 bits per heavy atom. The van der Waals surface area contributed by atoms with Crippen LogP contribution in [0.15, 0.2) is 24.3 Å². The van der Waals surface area contributed by atoms with E-state index >= 15 is 0 Å². The lowest BCUT2D eigenvalue weighted by atomic mass is 9.84. The van der Waals surface area contributed by atoms with Crippen LogP contribution in [0.3, 0.4) is 0 Å². The van der Waals surface area contributed by atoms with Crippen LogP contribution >= 0.6 is 7.80 Å². The lowest BCUT2D eigenvalue weighted by Gasteiger charge is -2.22. The molecule has 0 heterocycles. The van der Waals surface area contributed by atoms with Crippen LogP contribution < -0.4 is 14.2 Å². The summed E-state index contributed by atoms with van der Waals surface area (Å²) >= 11 is 0. The molecule has 173 valence electrons. The second kappa shape index (κ2) is 9.83. The van der Waals surface area contributed by atoms with E-state index in [0.29, 0.717) is 11.3 Å². The van der Waals surface area contributed by atoms with Crippen molar-refractivity contribution in [3.05, 3.63) is 52.1 Å². The van der Waals surface area contributed by atoms with Gasteiger partial charge in [-0.3, -0.25) is 14.2 Å². The van der Waals surface area contributed by atoms with Gasteiger partial charge in [0, 0.05) is 17.7 Å². The van der Waals surface area contributed by atoms with Crippen molar-refractivity contribution in [1.29, 1.82) is 0 Å². The first-order valence-corrected chi connectivity index (χ1v) is 11.7. The summed E-state index contributed by atoms with van der Waals surface area (Å²) in [5.41, 5.74) is 1.48. The van der Waals surface area contributed by atoms with Gasteiger partial charge in [0.15, 0.2) is 13.6 Å². The molecule has 1 radical (unpaired) electrons. The van der Waals surface area contributed by atoms with Crippen LogP contribution in [-0.4, -0.2) is 38.3 Å². The normalized spacial score (nSPS) is 12.7. The predicted molar refractivity (Wildman–Crippen MR) is 126 cm³/mol. The van der Waals surface area contributed by atoms with E-state index in [1.54, 1.807) is 12.1 Å². The summed E-state index contributed by atoms with van der Waals surface area (Å²) < 4.78 is 29.2. The highest BCUT2D eigenvalue weighted by molar-refractivity contribution is 7.66. The molecule has 2 unspecified atom stereocenters. The summed E-state index contributed by atoms with van der Waals surface area (Å²) in [6.45, 7) is 11.5. The highest BCUT2D eigenvalue weighted by atomic mass is 31.1. The summed E-state index contributed by atoms with van der Waals surface area (Å²) in [6, 6.07) is 7.00. The maximum atomic E-state index is 13.3. The highest BCUT2D eigenvalue weighted by Crippen LogP contribution is 2.42. The molecule has 0 saturated carbocycles. The minimum atomic E-state index is -2.54. The lowest BCUT2D eigenvalue weighted by molar-refractivity contribution is 0.0976. The number of hydrogen-bond acceptors (Lipinski definition) is 6. The van der Waals surface area contributed by atoms with Crippen molar-refractivity contribution < 1.29 is 28.4 Å². The van der Waals surface area contributed by atoms with Crippen LogP contribution in [-0.2, 0) is 9.98 Å². The van der Waals surface area contributed by atoms with Crippen molar-refractivity contribution in [1.82, 2.24) is 0 Å². The first-order valence-electron chi connectivity index (χ1n) is 10.3. The van der Waals surface area contributed by atoms with E-state index in [4.69, 9.17) is 14.2 Å². The summed E-state index contributed by atoms with van der Waals surface area (Å²) in [7, 11) is 1.79. The zero-order valence-corrected chi connectivity index (χ0v) is 21.2. The van der Waals surface area contributed by atoms with Crippen molar-refractivity contribution in [3.63, 3.8) is 0 Å². The molecule has 2 aromatic carbocycles. The van der Waals surface area contributed by atoms with Gasteiger partial charge in [0.2, 0.25) is 5.52 Å². The Morgan fingerprint density at radius 2 is 1.31 bits per heavy atom. The number of rotatable bonds is 8. The zero-order chi connectivity index (χ0) is 24.4. The number of methoxy groups -OCH3 is 3. The van der Waals surface area contributed by atoms with Crippen LogP contribution in [0, 0.1) is 13.8 Å². The molecule has 0 aliphatic carbocycles. The van der Waals surface area contributed by atoms with E-state index in [9.17, 15) is 14.2 Å².